The van der Waals surface area contributed by atoms with Gasteiger partial charge in [0.05, 0.1) is 24.8 Å². The number of aliphatic hydroxyl groups is 1. The molecule has 0 radical (unpaired) electrons. The van der Waals surface area contributed by atoms with Gasteiger partial charge in [-0.15, -0.1) is 4.98 Å². The lowest BCUT2D eigenvalue weighted by molar-refractivity contribution is 0.246. The zero-order valence-electron chi connectivity index (χ0n) is 20.0. The van der Waals surface area contributed by atoms with Crippen molar-refractivity contribution in [2.75, 3.05) is 13.2 Å². The van der Waals surface area contributed by atoms with Crippen LogP contribution in [0.3, 0.4) is 0 Å². The van der Waals surface area contributed by atoms with Crippen LogP contribution in [0.15, 0.2) is 72.8 Å². The molecule has 0 saturated carbocycles. The maximum absolute atomic E-state index is 9.11. The van der Waals surface area contributed by atoms with Crippen molar-refractivity contribution in [1.82, 2.24) is 20.3 Å². The van der Waals surface area contributed by atoms with Gasteiger partial charge in [0.1, 0.15) is 13.2 Å². The van der Waals surface area contributed by atoms with E-state index in [1.807, 2.05) is 36.4 Å². The van der Waals surface area contributed by atoms with Crippen LogP contribution in [0.2, 0.25) is 0 Å². The first-order chi connectivity index (χ1) is 17.7. The van der Waals surface area contributed by atoms with Gasteiger partial charge in [-0.25, -0.2) is 0 Å². The van der Waals surface area contributed by atoms with E-state index in [0.717, 1.165) is 27.8 Å². The van der Waals surface area contributed by atoms with Crippen LogP contribution in [0.1, 0.15) is 28.1 Å². The predicted octanol–water partition coefficient (Wildman–Crippen LogP) is 3.96. The van der Waals surface area contributed by atoms with Crippen molar-refractivity contribution in [2.24, 2.45) is 0 Å². The van der Waals surface area contributed by atoms with Gasteiger partial charge in [-0.05, 0) is 46.9 Å². The Labute approximate surface area is 210 Å². The van der Waals surface area contributed by atoms with E-state index >= 15 is 0 Å². The van der Waals surface area contributed by atoms with Crippen LogP contribution in [0.5, 0.6) is 12.0 Å². The van der Waals surface area contributed by atoms with Crippen molar-refractivity contribution < 1.29 is 14.6 Å². The summed E-state index contributed by atoms with van der Waals surface area (Å²) in [4.78, 5) is 13.1. The first-order valence-corrected chi connectivity index (χ1v) is 11.6. The molecule has 2 N–H and O–H groups in total. The molecule has 0 unspecified atom stereocenters. The van der Waals surface area contributed by atoms with E-state index in [-0.39, 0.29) is 31.8 Å². The van der Waals surface area contributed by atoms with E-state index in [9.17, 15) is 0 Å². The summed E-state index contributed by atoms with van der Waals surface area (Å²) in [5.74, 6) is 0.434. The molecule has 4 rings (SSSR count). The van der Waals surface area contributed by atoms with Gasteiger partial charge in [-0.2, -0.15) is 15.2 Å². The number of rotatable bonds is 11. The molecule has 182 valence electrons. The van der Waals surface area contributed by atoms with Crippen molar-refractivity contribution in [3.8, 4) is 29.2 Å². The fourth-order valence-corrected chi connectivity index (χ4v) is 3.66. The highest BCUT2D eigenvalue weighted by molar-refractivity contribution is 5.68. The highest BCUT2D eigenvalue weighted by atomic mass is 16.5. The first-order valence-electron chi connectivity index (χ1n) is 11.6. The van der Waals surface area contributed by atoms with Gasteiger partial charge in [-0.3, -0.25) is 0 Å². The number of ether oxygens (including phenoxy) is 2. The predicted molar refractivity (Wildman–Crippen MR) is 135 cm³/mol. The first kappa shape index (κ1) is 24.8. The van der Waals surface area contributed by atoms with Crippen LogP contribution in [-0.2, 0) is 19.8 Å². The minimum absolute atomic E-state index is 0.00403. The van der Waals surface area contributed by atoms with Crippen LogP contribution in [0, 0.1) is 18.3 Å². The summed E-state index contributed by atoms with van der Waals surface area (Å²) in [5.41, 5.74) is 5.81. The van der Waals surface area contributed by atoms with Crippen molar-refractivity contribution >= 4 is 0 Å². The molecule has 0 aliphatic carbocycles. The molecule has 0 atom stereocenters. The highest BCUT2D eigenvalue weighted by Crippen LogP contribution is 2.26. The Bertz CT molecular complexity index is 1340. The molecular weight excluding hydrogens is 454 g/mol. The van der Waals surface area contributed by atoms with E-state index < -0.39 is 0 Å². The van der Waals surface area contributed by atoms with Crippen LogP contribution in [0.4, 0.5) is 0 Å². The third-order valence-electron chi connectivity index (χ3n) is 5.52. The number of nitriles is 1. The van der Waals surface area contributed by atoms with Crippen LogP contribution in [-0.4, -0.2) is 33.2 Å². The van der Waals surface area contributed by atoms with Gasteiger partial charge in [0, 0.05) is 6.54 Å². The maximum atomic E-state index is 9.11. The molecule has 8 nitrogen and oxygen atoms in total. The third-order valence-corrected chi connectivity index (χ3v) is 5.52. The Balaban J connectivity index is 1.51. The summed E-state index contributed by atoms with van der Waals surface area (Å²) in [6.45, 7) is 3.28. The standard InChI is InChI=1S/C28H27N5O3/c1-20-24(11-6-12-25(20)23-9-3-2-4-10-23)19-36-28-32-26(17-30-13-14-34)31-27(33-28)35-18-22-8-5-7-21(15-22)16-29/h2-12,15,30,34H,13-14,17-19H2,1H3. The summed E-state index contributed by atoms with van der Waals surface area (Å²) in [6.07, 6.45) is 0. The average Bonchev–Trinajstić information content (AvgIpc) is 2.92. The smallest absolute Gasteiger partial charge is 0.323 e. The Morgan fingerprint density at radius 2 is 1.64 bits per heavy atom. The van der Waals surface area contributed by atoms with E-state index in [0.29, 0.717) is 24.5 Å². The van der Waals surface area contributed by atoms with E-state index in [4.69, 9.17) is 19.8 Å². The summed E-state index contributed by atoms with van der Waals surface area (Å²) in [5, 5.41) is 21.2. The van der Waals surface area contributed by atoms with Crippen molar-refractivity contribution in [1.29, 1.82) is 5.26 Å². The number of benzene rings is 3. The Morgan fingerprint density at radius 3 is 2.39 bits per heavy atom. The van der Waals surface area contributed by atoms with Gasteiger partial charge < -0.3 is 19.9 Å². The molecule has 1 heterocycles. The lowest BCUT2D eigenvalue weighted by Gasteiger charge is -2.13. The van der Waals surface area contributed by atoms with E-state index in [2.05, 4.69) is 51.5 Å². The second kappa shape index (κ2) is 12.4. The van der Waals surface area contributed by atoms with Gasteiger partial charge in [0.15, 0.2) is 5.82 Å². The van der Waals surface area contributed by atoms with Crippen LogP contribution < -0.4 is 14.8 Å². The number of aromatic nitrogens is 3. The molecule has 8 heteroatoms. The molecule has 0 aliphatic rings. The quantitative estimate of drug-likeness (QED) is 0.310. The molecule has 4 aromatic rings. The zero-order chi connectivity index (χ0) is 25.2. The second-order valence-corrected chi connectivity index (χ2v) is 8.06. The molecule has 0 bridgehead atoms. The number of aliphatic hydroxyl groups excluding tert-OH is 1. The molecule has 1 aromatic heterocycles. The largest absolute Gasteiger partial charge is 0.458 e. The summed E-state index contributed by atoms with van der Waals surface area (Å²) < 4.78 is 11.8. The monoisotopic (exact) mass is 481 g/mol. The van der Waals surface area contributed by atoms with E-state index in [1.165, 1.54) is 0 Å². The normalized spacial score (nSPS) is 10.6. The SMILES string of the molecule is Cc1c(COc2nc(CNCCO)nc(OCc3cccc(C#N)c3)n2)cccc1-c1ccccc1. The van der Waals surface area contributed by atoms with Crippen molar-refractivity contribution in [3.63, 3.8) is 0 Å². The topological polar surface area (TPSA) is 113 Å². The fraction of sp³-hybridized carbons (Fsp3) is 0.214. The zero-order valence-corrected chi connectivity index (χ0v) is 20.0. The summed E-state index contributed by atoms with van der Waals surface area (Å²) in [7, 11) is 0. The Morgan fingerprint density at radius 1 is 0.889 bits per heavy atom. The number of hydrogen-bond donors (Lipinski definition) is 2. The van der Waals surface area contributed by atoms with Gasteiger partial charge in [0.25, 0.3) is 0 Å². The molecule has 0 amide bonds. The highest BCUT2D eigenvalue weighted by Gasteiger charge is 2.12. The molecule has 0 saturated heterocycles. The van der Waals surface area contributed by atoms with Crippen molar-refractivity contribution in [2.45, 2.75) is 26.7 Å². The van der Waals surface area contributed by atoms with Crippen LogP contribution in [0.25, 0.3) is 11.1 Å². The molecule has 0 spiro atoms. The molecular formula is C28H27N5O3. The molecule has 36 heavy (non-hydrogen) atoms. The van der Waals surface area contributed by atoms with Gasteiger partial charge in [-0.1, -0.05) is 60.7 Å². The van der Waals surface area contributed by atoms with E-state index in [1.54, 1.807) is 18.2 Å². The molecule has 0 fully saturated rings. The van der Waals surface area contributed by atoms with Crippen molar-refractivity contribution in [3.05, 3.63) is 101 Å². The molecule has 0 aliphatic heterocycles. The van der Waals surface area contributed by atoms with Gasteiger partial charge in [0.2, 0.25) is 0 Å². The summed E-state index contributed by atoms with van der Waals surface area (Å²) >= 11 is 0. The average molecular weight is 482 g/mol. The number of hydrogen-bond acceptors (Lipinski definition) is 8. The minimum Gasteiger partial charge on any atom is -0.458 e. The van der Waals surface area contributed by atoms with Crippen LogP contribution >= 0.6 is 0 Å². The second-order valence-electron chi connectivity index (χ2n) is 8.06. The Kier molecular flexibility index (Phi) is 8.54. The fourth-order valence-electron chi connectivity index (χ4n) is 3.66. The number of nitrogens with zero attached hydrogens (tertiary/aromatic N) is 4. The lowest BCUT2D eigenvalue weighted by atomic mass is 9.97. The number of nitrogens with one attached hydrogen (secondary N) is 1. The van der Waals surface area contributed by atoms with Gasteiger partial charge >= 0.3 is 12.0 Å². The third kappa shape index (κ3) is 6.63. The summed E-state index contributed by atoms with van der Waals surface area (Å²) in [6, 6.07) is 25.9. The Hall–Kier alpha value is -4.32. The lowest BCUT2D eigenvalue weighted by Crippen LogP contribution is -2.20. The minimum atomic E-state index is 0.00403. The maximum Gasteiger partial charge on any atom is 0.323 e. The molecule has 3 aromatic carbocycles.